The molecule has 8 nitrogen and oxygen atoms in total. The molecule has 1 aliphatic rings. The third kappa shape index (κ3) is 4.50. The van der Waals surface area contributed by atoms with Gasteiger partial charge in [0.05, 0.1) is 16.7 Å². The largest absolute Gasteiger partial charge is 0.348 e. The Hall–Kier alpha value is -4.33. The summed E-state index contributed by atoms with van der Waals surface area (Å²) in [5, 5.41) is 5.60. The molecule has 0 saturated carbocycles. The van der Waals surface area contributed by atoms with E-state index in [0.29, 0.717) is 22.4 Å². The smallest absolute Gasteiger partial charge is 0.261 e. The third-order valence-corrected chi connectivity index (χ3v) is 5.29. The van der Waals surface area contributed by atoms with Crippen LogP contribution in [0.4, 0.5) is 5.69 Å². The minimum Gasteiger partial charge on any atom is -0.348 e. The Morgan fingerprint density at radius 1 is 0.909 bits per heavy atom. The predicted molar refractivity (Wildman–Crippen MR) is 122 cm³/mol. The van der Waals surface area contributed by atoms with Crippen molar-refractivity contribution in [3.8, 4) is 0 Å². The number of carbonyl (C=O) groups excluding carboxylic acids is 4. The Balaban J connectivity index is 1.37. The molecule has 2 heterocycles. The molecule has 2 aromatic carbocycles. The van der Waals surface area contributed by atoms with Crippen molar-refractivity contribution in [2.24, 2.45) is 0 Å². The number of fused-ring (bicyclic) bond motifs is 1. The van der Waals surface area contributed by atoms with Gasteiger partial charge in [-0.05, 0) is 61.9 Å². The van der Waals surface area contributed by atoms with Crippen molar-refractivity contribution in [3.63, 3.8) is 0 Å². The number of nitrogens with one attached hydrogen (secondary N) is 2. The normalized spacial score (nSPS) is 12.6. The van der Waals surface area contributed by atoms with Gasteiger partial charge in [0.1, 0.15) is 0 Å². The van der Waals surface area contributed by atoms with Crippen LogP contribution >= 0.6 is 0 Å². The summed E-state index contributed by atoms with van der Waals surface area (Å²) in [6.07, 6.45) is 3.09. The van der Waals surface area contributed by atoms with E-state index in [-0.39, 0.29) is 41.8 Å². The van der Waals surface area contributed by atoms with Crippen molar-refractivity contribution < 1.29 is 19.2 Å². The Kier molecular flexibility index (Phi) is 5.99. The number of anilines is 1. The molecule has 8 heteroatoms. The van der Waals surface area contributed by atoms with Gasteiger partial charge in [0.25, 0.3) is 23.6 Å². The van der Waals surface area contributed by atoms with E-state index in [0.717, 1.165) is 5.56 Å². The fraction of sp³-hybridized carbons (Fsp3) is 0.160. The first-order chi connectivity index (χ1) is 15.8. The second-order valence-electron chi connectivity index (χ2n) is 7.91. The monoisotopic (exact) mass is 442 g/mol. The summed E-state index contributed by atoms with van der Waals surface area (Å²) < 4.78 is 0. The molecule has 0 unspecified atom stereocenters. The molecule has 4 rings (SSSR count). The highest BCUT2D eigenvalue weighted by atomic mass is 16.2. The van der Waals surface area contributed by atoms with Gasteiger partial charge in [0, 0.05) is 36.2 Å². The van der Waals surface area contributed by atoms with Crippen LogP contribution in [0.15, 0.2) is 67.0 Å². The van der Waals surface area contributed by atoms with E-state index in [9.17, 15) is 19.2 Å². The summed E-state index contributed by atoms with van der Waals surface area (Å²) >= 11 is 0. The number of nitrogens with zero attached hydrogens (tertiary/aromatic N) is 2. The molecule has 1 aliphatic heterocycles. The maximum Gasteiger partial charge on any atom is 0.261 e. The Bertz CT molecular complexity index is 1240. The number of rotatable bonds is 6. The van der Waals surface area contributed by atoms with Gasteiger partial charge in [-0.3, -0.25) is 29.1 Å². The van der Waals surface area contributed by atoms with E-state index in [4.69, 9.17) is 0 Å². The van der Waals surface area contributed by atoms with Crippen molar-refractivity contribution in [1.29, 1.82) is 0 Å². The number of imide groups is 1. The SMILES string of the molecule is CC(C)N1C(=O)c2ccc(C(=O)NCc3ccc(NC(=O)c4cccnc4)cc3)cc2C1=O. The second kappa shape index (κ2) is 9.04. The molecular formula is C25H22N4O4. The zero-order valence-electron chi connectivity index (χ0n) is 18.2. The summed E-state index contributed by atoms with van der Waals surface area (Å²) in [5.74, 6) is -1.34. The van der Waals surface area contributed by atoms with Crippen LogP contribution in [-0.4, -0.2) is 39.6 Å². The minimum absolute atomic E-state index is 0.245. The number of hydrogen-bond acceptors (Lipinski definition) is 5. The van der Waals surface area contributed by atoms with E-state index >= 15 is 0 Å². The molecule has 166 valence electrons. The molecule has 1 aromatic heterocycles. The van der Waals surface area contributed by atoms with E-state index in [1.165, 1.54) is 23.2 Å². The number of aromatic nitrogens is 1. The average molecular weight is 442 g/mol. The molecule has 0 atom stereocenters. The highest BCUT2D eigenvalue weighted by molar-refractivity contribution is 6.22. The maximum atomic E-state index is 12.6. The highest BCUT2D eigenvalue weighted by Crippen LogP contribution is 2.25. The quantitative estimate of drug-likeness (QED) is 0.570. The van der Waals surface area contributed by atoms with Gasteiger partial charge in [-0.25, -0.2) is 0 Å². The lowest BCUT2D eigenvalue weighted by molar-refractivity contribution is 0.0608. The summed E-state index contributed by atoms with van der Waals surface area (Å²) in [6.45, 7) is 3.80. The third-order valence-electron chi connectivity index (χ3n) is 5.29. The summed E-state index contributed by atoms with van der Waals surface area (Å²) in [5.41, 5.74) is 2.78. The number of hydrogen-bond donors (Lipinski definition) is 2. The topological polar surface area (TPSA) is 108 Å². The highest BCUT2D eigenvalue weighted by Gasteiger charge is 2.37. The van der Waals surface area contributed by atoms with E-state index < -0.39 is 0 Å². The van der Waals surface area contributed by atoms with Crippen LogP contribution in [0.1, 0.15) is 60.8 Å². The number of benzene rings is 2. The number of amides is 4. The summed E-state index contributed by atoms with van der Waals surface area (Å²) in [6, 6.07) is 14.7. The van der Waals surface area contributed by atoms with Crippen LogP contribution < -0.4 is 10.6 Å². The van der Waals surface area contributed by atoms with Crippen molar-refractivity contribution in [2.75, 3.05) is 5.32 Å². The van der Waals surface area contributed by atoms with Gasteiger partial charge in [-0.15, -0.1) is 0 Å². The molecule has 0 fully saturated rings. The zero-order chi connectivity index (χ0) is 23.5. The molecule has 0 bridgehead atoms. The van der Waals surface area contributed by atoms with Gasteiger partial charge in [0.15, 0.2) is 0 Å². The van der Waals surface area contributed by atoms with Gasteiger partial charge in [-0.1, -0.05) is 12.1 Å². The zero-order valence-corrected chi connectivity index (χ0v) is 18.2. The van der Waals surface area contributed by atoms with Gasteiger partial charge in [-0.2, -0.15) is 0 Å². The molecule has 4 amide bonds. The van der Waals surface area contributed by atoms with Crippen LogP contribution in [-0.2, 0) is 6.54 Å². The lowest BCUT2D eigenvalue weighted by atomic mass is 10.1. The van der Waals surface area contributed by atoms with Crippen LogP contribution in [0.3, 0.4) is 0 Å². The average Bonchev–Trinajstić information content (AvgIpc) is 3.08. The fourth-order valence-electron chi connectivity index (χ4n) is 3.56. The summed E-state index contributed by atoms with van der Waals surface area (Å²) in [4.78, 5) is 54.9. The van der Waals surface area contributed by atoms with Gasteiger partial charge in [0.2, 0.25) is 0 Å². The molecule has 33 heavy (non-hydrogen) atoms. The number of pyridine rings is 1. The number of carbonyl (C=O) groups is 4. The van der Waals surface area contributed by atoms with Gasteiger partial charge < -0.3 is 10.6 Å². The van der Waals surface area contributed by atoms with Crippen molar-refractivity contribution >= 4 is 29.3 Å². The Labute approximate surface area is 190 Å². The molecule has 0 radical (unpaired) electrons. The van der Waals surface area contributed by atoms with E-state index in [1.807, 2.05) is 0 Å². The predicted octanol–water partition coefficient (Wildman–Crippen LogP) is 3.27. The van der Waals surface area contributed by atoms with Gasteiger partial charge >= 0.3 is 0 Å². The van der Waals surface area contributed by atoms with Crippen molar-refractivity contribution in [2.45, 2.75) is 26.4 Å². The Morgan fingerprint density at radius 3 is 2.30 bits per heavy atom. The van der Waals surface area contributed by atoms with Crippen LogP contribution in [0, 0.1) is 0 Å². The molecule has 2 N–H and O–H groups in total. The fourth-order valence-corrected chi connectivity index (χ4v) is 3.56. The van der Waals surface area contributed by atoms with E-state index in [2.05, 4.69) is 15.6 Å². The molecule has 0 spiro atoms. The lowest BCUT2D eigenvalue weighted by Gasteiger charge is -2.17. The van der Waals surface area contributed by atoms with Crippen LogP contribution in [0.2, 0.25) is 0 Å². The molecule has 3 aromatic rings. The maximum absolute atomic E-state index is 12.6. The summed E-state index contributed by atoms with van der Waals surface area (Å²) in [7, 11) is 0. The molecule has 0 saturated heterocycles. The second-order valence-corrected chi connectivity index (χ2v) is 7.91. The molecular weight excluding hydrogens is 420 g/mol. The first kappa shape index (κ1) is 21.9. The molecule has 0 aliphatic carbocycles. The van der Waals surface area contributed by atoms with Crippen molar-refractivity contribution in [1.82, 2.24) is 15.2 Å². The Morgan fingerprint density at radius 2 is 1.64 bits per heavy atom. The van der Waals surface area contributed by atoms with Crippen molar-refractivity contribution in [3.05, 3.63) is 94.8 Å². The lowest BCUT2D eigenvalue weighted by Crippen LogP contribution is -2.35. The first-order valence-electron chi connectivity index (χ1n) is 10.5. The van der Waals surface area contributed by atoms with Crippen LogP contribution in [0.25, 0.3) is 0 Å². The van der Waals surface area contributed by atoms with Crippen LogP contribution in [0.5, 0.6) is 0 Å². The standard InChI is InChI=1S/C25H22N4O4/c1-15(2)29-24(32)20-10-7-17(12-21(20)25(29)33)22(30)27-13-16-5-8-19(9-6-16)28-23(31)18-4-3-11-26-14-18/h3-12,14-15H,13H2,1-2H3,(H,27,30)(H,28,31). The minimum atomic E-state index is -0.386. The first-order valence-corrected chi connectivity index (χ1v) is 10.5. The van der Waals surface area contributed by atoms with E-state index in [1.54, 1.807) is 62.5 Å².